The number of hydrogen-bond donors (Lipinski definition) is 2. The predicted octanol–water partition coefficient (Wildman–Crippen LogP) is 3.24. The molecule has 10 nitrogen and oxygen atoms in total. The first-order valence-corrected chi connectivity index (χ1v) is 12.1. The molecule has 0 saturated heterocycles. The Balaban J connectivity index is 1.49. The lowest BCUT2D eigenvalue weighted by Crippen LogP contribution is -2.24. The Morgan fingerprint density at radius 3 is 2.60 bits per heavy atom. The summed E-state index contributed by atoms with van der Waals surface area (Å²) >= 11 is 2.39. The molecule has 4 aromatic rings. The van der Waals surface area contributed by atoms with E-state index in [1.165, 1.54) is 23.5 Å². The van der Waals surface area contributed by atoms with Gasteiger partial charge in [0.1, 0.15) is 16.6 Å². The highest BCUT2D eigenvalue weighted by Gasteiger charge is 2.18. The summed E-state index contributed by atoms with van der Waals surface area (Å²) < 4.78 is 20.7. The van der Waals surface area contributed by atoms with E-state index in [2.05, 4.69) is 31.0 Å². The molecule has 180 valence electrons. The number of anilines is 1. The maximum atomic E-state index is 14.0. The number of carbonyl (C=O) groups excluding carboxylic acids is 2. The average molecular weight is 514 g/mol. The first kappa shape index (κ1) is 24.3. The zero-order chi connectivity index (χ0) is 24.8. The minimum atomic E-state index is -0.440. The van der Waals surface area contributed by atoms with Crippen molar-refractivity contribution < 1.29 is 18.7 Å². The number of carbonyl (C=O) groups is 2. The van der Waals surface area contributed by atoms with E-state index < -0.39 is 5.82 Å². The minimum absolute atomic E-state index is 0.0181. The number of aryl methyl sites for hydroxylation is 1. The normalized spacial score (nSPS) is 10.7. The van der Waals surface area contributed by atoms with Crippen molar-refractivity contribution in [2.45, 2.75) is 18.6 Å². The third-order valence-corrected chi connectivity index (χ3v) is 6.31. The highest BCUT2D eigenvalue weighted by Crippen LogP contribution is 2.23. The van der Waals surface area contributed by atoms with Crippen LogP contribution in [0, 0.1) is 12.7 Å². The molecule has 0 atom stereocenters. The van der Waals surface area contributed by atoms with Gasteiger partial charge in [0, 0.05) is 5.56 Å². The average Bonchev–Trinajstić information content (AvgIpc) is 3.46. The van der Waals surface area contributed by atoms with E-state index in [9.17, 15) is 14.0 Å². The third kappa shape index (κ3) is 6.19. The van der Waals surface area contributed by atoms with Gasteiger partial charge in [0.05, 0.1) is 25.1 Å². The van der Waals surface area contributed by atoms with E-state index in [-0.39, 0.29) is 24.1 Å². The molecule has 0 aliphatic rings. The molecule has 2 aromatic heterocycles. The van der Waals surface area contributed by atoms with Crippen molar-refractivity contribution in [1.82, 2.24) is 30.3 Å². The zero-order valence-corrected chi connectivity index (χ0v) is 20.3. The number of rotatable bonds is 9. The van der Waals surface area contributed by atoms with E-state index in [4.69, 9.17) is 4.74 Å². The largest absolute Gasteiger partial charge is 0.497 e. The molecule has 0 saturated carbocycles. The maximum absolute atomic E-state index is 14.0. The van der Waals surface area contributed by atoms with Crippen LogP contribution in [0.1, 0.15) is 21.2 Å². The number of amides is 2. The van der Waals surface area contributed by atoms with Crippen LogP contribution in [0.15, 0.2) is 53.7 Å². The Labute approximate surface area is 207 Å². The lowest BCUT2D eigenvalue weighted by molar-refractivity contribution is -0.113. The second-order valence-corrected chi connectivity index (χ2v) is 9.21. The summed E-state index contributed by atoms with van der Waals surface area (Å²) in [5, 5.41) is 23.0. The maximum Gasteiger partial charge on any atom is 0.251 e. The summed E-state index contributed by atoms with van der Waals surface area (Å²) in [6, 6.07) is 12.6. The lowest BCUT2D eigenvalue weighted by Gasteiger charge is -2.11. The van der Waals surface area contributed by atoms with Crippen molar-refractivity contribution >= 4 is 40.0 Å². The van der Waals surface area contributed by atoms with Crippen molar-refractivity contribution in [3.8, 4) is 11.4 Å². The smallest absolute Gasteiger partial charge is 0.251 e. The van der Waals surface area contributed by atoms with Crippen molar-refractivity contribution in [3.63, 3.8) is 0 Å². The Morgan fingerprint density at radius 1 is 1.11 bits per heavy atom. The van der Waals surface area contributed by atoms with E-state index in [1.54, 1.807) is 55.0 Å². The predicted molar refractivity (Wildman–Crippen MR) is 129 cm³/mol. The van der Waals surface area contributed by atoms with E-state index >= 15 is 0 Å². The molecular formula is C22H20FN7O3S2. The van der Waals surface area contributed by atoms with Crippen molar-refractivity contribution in [1.29, 1.82) is 0 Å². The summed E-state index contributed by atoms with van der Waals surface area (Å²) in [6.07, 6.45) is 0. The summed E-state index contributed by atoms with van der Waals surface area (Å²) in [5.74, 6) is -0.0227. The Bertz CT molecular complexity index is 1340. The van der Waals surface area contributed by atoms with Gasteiger partial charge in [-0.2, -0.15) is 0 Å². The van der Waals surface area contributed by atoms with Crippen molar-refractivity contribution in [2.24, 2.45) is 0 Å². The number of ether oxygens (including phenoxy) is 1. The molecule has 0 radical (unpaired) electrons. The second-order valence-electron chi connectivity index (χ2n) is 7.09. The first-order chi connectivity index (χ1) is 16.9. The summed E-state index contributed by atoms with van der Waals surface area (Å²) in [4.78, 5) is 24.9. The highest BCUT2D eigenvalue weighted by atomic mass is 32.2. The summed E-state index contributed by atoms with van der Waals surface area (Å²) in [6.45, 7) is 1.82. The van der Waals surface area contributed by atoms with Gasteiger partial charge in [-0.1, -0.05) is 29.2 Å². The highest BCUT2D eigenvalue weighted by molar-refractivity contribution is 7.99. The fraction of sp³-hybridized carbons (Fsp3) is 0.182. The summed E-state index contributed by atoms with van der Waals surface area (Å²) in [7, 11) is 1.55. The quantitative estimate of drug-likeness (QED) is 0.327. The number of nitrogens with zero attached hydrogens (tertiary/aromatic N) is 5. The van der Waals surface area contributed by atoms with Gasteiger partial charge in [-0.15, -0.1) is 20.4 Å². The molecule has 0 fully saturated rings. The van der Waals surface area contributed by atoms with Gasteiger partial charge in [-0.25, -0.2) is 4.39 Å². The van der Waals surface area contributed by atoms with Gasteiger partial charge in [-0.05, 0) is 49.4 Å². The standard InChI is InChI=1S/C22H20FN7O3S2/c1-13-26-28-21(35-13)25-19(31)12-34-22-29-27-18(30(22)16-5-3-4-15(23)10-16)11-24-20(32)14-6-8-17(33-2)9-7-14/h3-10H,11-12H2,1-2H3,(H,24,32)(H,25,28,31). The molecule has 0 aliphatic carbocycles. The molecule has 0 spiro atoms. The fourth-order valence-corrected chi connectivity index (χ4v) is 4.40. The zero-order valence-electron chi connectivity index (χ0n) is 18.7. The number of thioether (sulfide) groups is 1. The number of methoxy groups -OCH3 is 1. The number of halogens is 1. The van der Waals surface area contributed by atoms with E-state index in [1.807, 2.05) is 0 Å². The molecule has 0 bridgehead atoms. The molecule has 2 N–H and O–H groups in total. The van der Waals surface area contributed by atoms with Gasteiger partial charge >= 0.3 is 0 Å². The van der Waals surface area contributed by atoms with Crippen LogP contribution in [-0.2, 0) is 11.3 Å². The van der Waals surface area contributed by atoms with E-state index in [0.29, 0.717) is 33.1 Å². The SMILES string of the molecule is COc1ccc(C(=O)NCc2nnc(SCC(=O)Nc3nnc(C)s3)n2-c2cccc(F)c2)cc1. The number of hydrogen-bond acceptors (Lipinski definition) is 9. The number of nitrogens with one attached hydrogen (secondary N) is 2. The molecule has 4 rings (SSSR count). The molecule has 2 aromatic carbocycles. The van der Waals surface area contributed by atoms with Crippen LogP contribution in [0.4, 0.5) is 9.52 Å². The summed E-state index contributed by atoms with van der Waals surface area (Å²) in [5.41, 5.74) is 0.909. The van der Waals surface area contributed by atoms with Crippen LogP contribution in [0.25, 0.3) is 5.69 Å². The molecule has 0 unspecified atom stereocenters. The van der Waals surface area contributed by atoms with Crippen LogP contribution in [0.5, 0.6) is 5.75 Å². The minimum Gasteiger partial charge on any atom is -0.497 e. The Kier molecular flexibility index (Phi) is 7.67. The monoisotopic (exact) mass is 513 g/mol. The van der Waals surface area contributed by atoms with Gasteiger partial charge < -0.3 is 10.1 Å². The topological polar surface area (TPSA) is 124 Å². The Morgan fingerprint density at radius 2 is 1.91 bits per heavy atom. The third-order valence-electron chi connectivity index (χ3n) is 4.63. The number of benzene rings is 2. The van der Waals surface area contributed by atoms with Gasteiger partial charge in [0.15, 0.2) is 11.0 Å². The van der Waals surface area contributed by atoms with Gasteiger partial charge in [0.25, 0.3) is 5.91 Å². The van der Waals surface area contributed by atoms with Gasteiger partial charge in [0.2, 0.25) is 11.0 Å². The van der Waals surface area contributed by atoms with Crippen molar-refractivity contribution in [2.75, 3.05) is 18.2 Å². The van der Waals surface area contributed by atoms with Gasteiger partial charge in [-0.3, -0.25) is 19.5 Å². The lowest BCUT2D eigenvalue weighted by atomic mass is 10.2. The molecule has 2 amide bonds. The van der Waals surface area contributed by atoms with Crippen LogP contribution in [0.3, 0.4) is 0 Å². The van der Waals surface area contributed by atoms with Crippen LogP contribution in [-0.4, -0.2) is 49.6 Å². The Hall–Kier alpha value is -3.84. The molecular weight excluding hydrogens is 493 g/mol. The van der Waals surface area contributed by atoms with Crippen LogP contribution in [0.2, 0.25) is 0 Å². The van der Waals surface area contributed by atoms with Crippen LogP contribution < -0.4 is 15.4 Å². The number of aromatic nitrogens is 5. The first-order valence-electron chi connectivity index (χ1n) is 10.3. The molecule has 2 heterocycles. The van der Waals surface area contributed by atoms with Crippen molar-refractivity contribution in [3.05, 3.63) is 70.7 Å². The molecule has 0 aliphatic heterocycles. The fourth-order valence-electron chi connectivity index (χ4n) is 3.02. The van der Waals surface area contributed by atoms with Crippen LogP contribution >= 0.6 is 23.1 Å². The molecule has 13 heteroatoms. The second kappa shape index (κ2) is 11.1. The van der Waals surface area contributed by atoms with E-state index in [0.717, 1.165) is 16.8 Å². The molecule has 35 heavy (non-hydrogen) atoms.